The second kappa shape index (κ2) is 11.7. The zero-order valence-corrected chi connectivity index (χ0v) is 32.4. The van der Waals surface area contributed by atoms with Crippen LogP contribution < -0.4 is 5.46 Å². The number of hydrogen-bond acceptors (Lipinski definition) is 3. The van der Waals surface area contributed by atoms with Gasteiger partial charge in [0.05, 0.1) is 33.3 Å². The Bertz CT molecular complexity index is 3080. The predicted octanol–water partition coefficient (Wildman–Crippen LogP) is 12.5. The quantitative estimate of drug-likeness (QED) is 0.169. The van der Waals surface area contributed by atoms with Crippen molar-refractivity contribution in [2.45, 2.75) is 45.8 Å². The largest absolute Gasteiger partial charge is 0.494 e. The van der Waals surface area contributed by atoms with Crippen LogP contribution in [0, 0.1) is 6.92 Å². The van der Waals surface area contributed by atoms with Gasteiger partial charge in [-0.25, -0.2) is 0 Å². The standard InChI is InChI=1S/C49H39BN2O2S/c1-30-26-31(50-53-48(2,3)49(4,5)54-50)22-24-34(30)40-28-33(52-44-20-12-8-16-37(44)38-17-9-13-21-45(38)52)29-41-39-27-32(23-25-46(39)55-47(40)41)51-42-18-10-6-14-35(42)36-15-7-11-19-43(36)51/h6-29H,1-5H3. The van der Waals surface area contributed by atoms with E-state index >= 15 is 0 Å². The maximum Gasteiger partial charge on any atom is 0.494 e. The molecule has 55 heavy (non-hydrogen) atoms. The third-order valence-corrected chi connectivity index (χ3v) is 13.5. The molecule has 3 aromatic heterocycles. The van der Waals surface area contributed by atoms with Crippen LogP contribution in [0.25, 0.3) is 86.3 Å². The summed E-state index contributed by atoms with van der Waals surface area (Å²) < 4.78 is 20.4. The van der Waals surface area contributed by atoms with Gasteiger partial charge in [0.2, 0.25) is 0 Å². The van der Waals surface area contributed by atoms with Gasteiger partial charge in [0.1, 0.15) is 0 Å². The normalized spacial score (nSPS) is 15.5. The number of fused-ring (bicyclic) bond motifs is 9. The van der Waals surface area contributed by atoms with E-state index in [1.807, 2.05) is 11.3 Å². The highest BCUT2D eigenvalue weighted by atomic mass is 32.1. The van der Waals surface area contributed by atoms with Crippen LogP contribution in [0.4, 0.5) is 0 Å². The van der Waals surface area contributed by atoms with E-state index in [4.69, 9.17) is 9.31 Å². The predicted molar refractivity (Wildman–Crippen MR) is 234 cm³/mol. The van der Waals surface area contributed by atoms with Crippen molar-refractivity contribution in [1.82, 2.24) is 9.13 Å². The zero-order chi connectivity index (χ0) is 37.2. The van der Waals surface area contributed by atoms with Crippen molar-refractivity contribution >= 4 is 87.7 Å². The third kappa shape index (κ3) is 4.78. The lowest BCUT2D eigenvalue weighted by molar-refractivity contribution is 0.00578. The number of para-hydroxylation sites is 4. The lowest BCUT2D eigenvalue weighted by Gasteiger charge is -2.32. The maximum absolute atomic E-state index is 6.48. The Balaban J connectivity index is 1.17. The molecule has 0 unspecified atom stereocenters. The first-order chi connectivity index (χ1) is 26.7. The Morgan fingerprint density at radius 1 is 0.473 bits per heavy atom. The van der Waals surface area contributed by atoms with E-state index in [0.717, 1.165) is 16.8 Å². The van der Waals surface area contributed by atoms with Gasteiger partial charge in [0.15, 0.2) is 0 Å². The Morgan fingerprint density at radius 2 is 0.964 bits per heavy atom. The molecule has 4 heterocycles. The molecule has 0 amide bonds. The molecule has 0 spiro atoms. The summed E-state index contributed by atoms with van der Waals surface area (Å²) >= 11 is 1.88. The molecule has 11 rings (SSSR count). The summed E-state index contributed by atoms with van der Waals surface area (Å²) in [6, 6.07) is 53.6. The topological polar surface area (TPSA) is 28.3 Å². The average Bonchev–Trinajstić information content (AvgIpc) is 3.90. The molecule has 4 nitrogen and oxygen atoms in total. The Labute approximate surface area is 324 Å². The lowest BCUT2D eigenvalue weighted by Crippen LogP contribution is -2.41. The van der Waals surface area contributed by atoms with Gasteiger partial charge in [-0.3, -0.25) is 0 Å². The Hall–Kier alpha value is -5.66. The minimum absolute atomic E-state index is 0.401. The number of aryl methyl sites for hydroxylation is 1. The summed E-state index contributed by atoms with van der Waals surface area (Å²) in [6.45, 7) is 10.7. The van der Waals surface area contributed by atoms with E-state index in [1.165, 1.54) is 80.5 Å². The van der Waals surface area contributed by atoms with E-state index in [-0.39, 0.29) is 0 Å². The summed E-state index contributed by atoms with van der Waals surface area (Å²) in [4.78, 5) is 0. The summed E-state index contributed by atoms with van der Waals surface area (Å²) in [6.07, 6.45) is 0. The minimum Gasteiger partial charge on any atom is -0.399 e. The fraction of sp³-hybridized carbons (Fsp3) is 0.143. The summed E-state index contributed by atoms with van der Waals surface area (Å²) in [5.41, 5.74) is 11.0. The molecule has 0 bridgehead atoms. The number of thiophene rings is 1. The van der Waals surface area contributed by atoms with Crippen LogP contribution in [0.3, 0.4) is 0 Å². The van der Waals surface area contributed by atoms with Crippen molar-refractivity contribution in [2.75, 3.05) is 0 Å². The summed E-state index contributed by atoms with van der Waals surface area (Å²) in [7, 11) is -0.412. The fourth-order valence-corrected chi connectivity index (χ4v) is 10.0. The van der Waals surface area contributed by atoms with E-state index < -0.39 is 18.3 Å². The van der Waals surface area contributed by atoms with Crippen LogP contribution in [-0.2, 0) is 9.31 Å². The molecular weight excluding hydrogens is 691 g/mol. The Kier molecular flexibility index (Phi) is 6.95. The number of benzene rings is 7. The molecule has 1 saturated heterocycles. The monoisotopic (exact) mass is 730 g/mol. The van der Waals surface area contributed by atoms with Crippen LogP contribution >= 0.6 is 11.3 Å². The van der Waals surface area contributed by atoms with Gasteiger partial charge in [-0.15, -0.1) is 11.3 Å². The first-order valence-electron chi connectivity index (χ1n) is 19.1. The smallest absolute Gasteiger partial charge is 0.399 e. The molecule has 0 radical (unpaired) electrons. The van der Waals surface area contributed by atoms with Gasteiger partial charge in [-0.05, 0) is 106 Å². The van der Waals surface area contributed by atoms with Crippen molar-refractivity contribution in [2.24, 2.45) is 0 Å². The third-order valence-electron chi connectivity index (χ3n) is 12.3. The highest BCUT2D eigenvalue weighted by Gasteiger charge is 2.51. The molecule has 0 aliphatic carbocycles. The molecule has 0 N–H and O–H groups in total. The van der Waals surface area contributed by atoms with Crippen LogP contribution in [0.2, 0.25) is 0 Å². The molecule has 1 fully saturated rings. The second-order valence-corrected chi connectivity index (χ2v) is 17.1. The van der Waals surface area contributed by atoms with Crippen molar-refractivity contribution in [3.05, 3.63) is 151 Å². The minimum atomic E-state index is -0.412. The van der Waals surface area contributed by atoms with Crippen molar-refractivity contribution < 1.29 is 9.31 Å². The van der Waals surface area contributed by atoms with Gasteiger partial charge < -0.3 is 18.4 Å². The molecule has 6 heteroatoms. The molecule has 266 valence electrons. The fourth-order valence-electron chi connectivity index (χ4n) is 8.84. The molecular formula is C49H39BN2O2S. The molecule has 1 aliphatic rings. The van der Waals surface area contributed by atoms with Crippen molar-refractivity contribution in [3.8, 4) is 22.5 Å². The summed E-state index contributed by atoms with van der Waals surface area (Å²) in [5, 5.41) is 7.56. The van der Waals surface area contributed by atoms with Crippen LogP contribution in [0.15, 0.2) is 146 Å². The maximum atomic E-state index is 6.48. The second-order valence-electron chi connectivity index (χ2n) is 16.1. The van der Waals surface area contributed by atoms with Gasteiger partial charge in [-0.2, -0.15) is 0 Å². The molecule has 0 saturated carbocycles. The molecule has 0 atom stereocenters. The Morgan fingerprint density at radius 3 is 1.49 bits per heavy atom. The number of hydrogen-bond donors (Lipinski definition) is 0. The molecule has 10 aromatic rings. The van der Waals surface area contributed by atoms with E-state index in [1.54, 1.807) is 0 Å². The number of nitrogens with zero attached hydrogens (tertiary/aromatic N) is 2. The highest BCUT2D eigenvalue weighted by Crippen LogP contribution is 2.45. The molecule has 7 aromatic carbocycles. The first kappa shape index (κ1) is 32.7. The number of aromatic nitrogens is 2. The van der Waals surface area contributed by atoms with E-state index in [0.29, 0.717) is 0 Å². The van der Waals surface area contributed by atoms with Crippen LogP contribution in [0.1, 0.15) is 33.3 Å². The SMILES string of the molecule is Cc1cc(B2OC(C)(C)C(C)(C)O2)ccc1-c1cc(-n2c3ccccc3c3ccccc32)cc2c1sc1ccc(-n3c4ccccc4c4ccccc43)cc12. The highest BCUT2D eigenvalue weighted by molar-refractivity contribution is 7.26. The number of rotatable bonds is 4. The summed E-state index contributed by atoms with van der Waals surface area (Å²) in [5.74, 6) is 0. The van der Waals surface area contributed by atoms with E-state index in [9.17, 15) is 0 Å². The van der Waals surface area contributed by atoms with Crippen molar-refractivity contribution in [1.29, 1.82) is 0 Å². The van der Waals surface area contributed by atoms with Gasteiger partial charge in [0.25, 0.3) is 0 Å². The van der Waals surface area contributed by atoms with Crippen molar-refractivity contribution in [3.63, 3.8) is 0 Å². The van der Waals surface area contributed by atoms with E-state index in [2.05, 4.69) is 189 Å². The van der Waals surface area contributed by atoms with Gasteiger partial charge >= 0.3 is 7.12 Å². The van der Waals surface area contributed by atoms with Gasteiger partial charge in [-0.1, -0.05) is 91.0 Å². The molecule has 1 aliphatic heterocycles. The zero-order valence-electron chi connectivity index (χ0n) is 31.6. The van der Waals surface area contributed by atoms with Crippen LogP contribution in [-0.4, -0.2) is 27.5 Å². The lowest BCUT2D eigenvalue weighted by atomic mass is 9.77. The van der Waals surface area contributed by atoms with Gasteiger partial charge in [0, 0.05) is 58.7 Å². The first-order valence-corrected chi connectivity index (χ1v) is 19.9. The van der Waals surface area contributed by atoms with Crippen LogP contribution in [0.5, 0.6) is 0 Å². The average molecular weight is 731 g/mol.